The smallest absolute Gasteiger partial charge is 0.231 e. The minimum absolute atomic E-state index is 0.0190. The molecule has 0 spiro atoms. The summed E-state index contributed by atoms with van der Waals surface area (Å²) in [6.45, 7) is 1.87. The van der Waals surface area contributed by atoms with Crippen molar-refractivity contribution >= 4 is 17.7 Å². The fourth-order valence-corrected chi connectivity index (χ4v) is 3.83. The van der Waals surface area contributed by atoms with Crippen LogP contribution in [0.3, 0.4) is 0 Å². The van der Waals surface area contributed by atoms with Gasteiger partial charge in [0, 0.05) is 5.69 Å². The first-order valence-electron chi connectivity index (χ1n) is 9.94. The molecule has 0 fully saturated rings. The van der Waals surface area contributed by atoms with Crippen LogP contribution in [-0.4, -0.2) is 26.4 Å². The third-order valence-corrected chi connectivity index (χ3v) is 5.52. The number of carbonyl (C=O) groups excluding carboxylic acids is 1. The third kappa shape index (κ3) is 5.17. The Morgan fingerprint density at radius 1 is 1.12 bits per heavy atom. The van der Waals surface area contributed by atoms with Crippen molar-refractivity contribution in [1.29, 1.82) is 0 Å². The van der Waals surface area contributed by atoms with Crippen LogP contribution in [-0.2, 0) is 11.4 Å². The van der Waals surface area contributed by atoms with Gasteiger partial charge in [-0.15, -0.1) is 10.2 Å². The summed E-state index contributed by atoms with van der Waals surface area (Å²) in [4.78, 5) is 12.4. The predicted molar refractivity (Wildman–Crippen MR) is 118 cm³/mol. The SMILES string of the molecule is C[C@@H](NC(=O)CSc1nnc(COc2ccccc2F)n1-c1ccccc1)c1ccco1. The summed E-state index contributed by atoms with van der Waals surface area (Å²) in [5.74, 6) is 0.843. The average Bonchev–Trinajstić information content (AvgIpc) is 3.48. The number of carbonyl (C=O) groups is 1. The second-order valence-electron chi connectivity index (χ2n) is 6.88. The molecular weight excluding hydrogens is 431 g/mol. The van der Waals surface area contributed by atoms with E-state index >= 15 is 0 Å². The summed E-state index contributed by atoms with van der Waals surface area (Å²) in [6.07, 6.45) is 1.57. The molecule has 0 aliphatic rings. The van der Waals surface area contributed by atoms with Crippen LogP contribution >= 0.6 is 11.8 Å². The Balaban J connectivity index is 1.48. The Bertz CT molecular complexity index is 1170. The normalized spacial score (nSPS) is 11.8. The molecule has 0 bridgehead atoms. The van der Waals surface area contributed by atoms with Gasteiger partial charge in [0.25, 0.3) is 0 Å². The third-order valence-electron chi connectivity index (χ3n) is 4.59. The van der Waals surface area contributed by atoms with Crippen LogP contribution in [0.25, 0.3) is 5.69 Å². The minimum atomic E-state index is -0.449. The largest absolute Gasteiger partial charge is 0.483 e. The second-order valence-corrected chi connectivity index (χ2v) is 7.82. The highest BCUT2D eigenvalue weighted by molar-refractivity contribution is 7.99. The summed E-state index contributed by atoms with van der Waals surface area (Å²) in [5, 5.41) is 11.9. The fourth-order valence-electron chi connectivity index (χ4n) is 3.05. The van der Waals surface area contributed by atoms with Crippen LogP contribution in [0.5, 0.6) is 5.75 Å². The summed E-state index contributed by atoms with van der Waals surface area (Å²) in [6, 6.07) is 19.0. The molecule has 2 heterocycles. The molecule has 1 amide bonds. The number of benzene rings is 2. The van der Waals surface area contributed by atoms with Gasteiger partial charge in [-0.2, -0.15) is 0 Å². The molecule has 1 atom stereocenters. The molecule has 0 aliphatic heterocycles. The topological polar surface area (TPSA) is 82.2 Å². The molecule has 4 aromatic rings. The summed E-state index contributed by atoms with van der Waals surface area (Å²) >= 11 is 1.25. The number of rotatable bonds is 9. The quantitative estimate of drug-likeness (QED) is 0.375. The van der Waals surface area contributed by atoms with Gasteiger partial charge in [-0.25, -0.2) is 4.39 Å². The van der Waals surface area contributed by atoms with Crippen molar-refractivity contribution in [2.45, 2.75) is 24.7 Å². The van der Waals surface area contributed by atoms with E-state index in [1.54, 1.807) is 35.1 Å². The average molecular weight is 453 g/mol. The van der Waals surface area contributed by atoms with Gasteiger partial charge in [0.05, 0.1) is 18.1 Å². The summed E-state index contributed by atoms with van der Waals surface area (Å²) in [5.41, 5.74) is 0.816. The van der Waals surface area contributed by atoms with E-state index in [-0.39, 0.29) is 30.1 Å². The first kappa shape index (κ1) is 21.6. The molecule has 0 radical (unpaired) electrons. The highest BCUT2D eigenvalue weighted by atomic mass is 32.2. The lowest BCUT2D eigenvalue weighted by molar-refractivity contribution is -0.119. The number of hydrogen-bond donors (Lipinski definition) is 1. The Hall–Kier alpha value is -3.59. The number of halogens is 1. The van der Waals surface area contributed by atoms with E-state index < -0.39 is 5.82 Å². The number of thioether (sulfide) groups is 1. The molecule has 0 aliphatic carbocycles. The molecule has 9 heteroatoms. The van der Waals surface area contributed by atoms with Gasteiger partial charge in [0.1, 0.15) is 12.4 Å². The zero-order valence-electron chi connectivity index (χ0n) is 17.3. The Morgan fingerprint density at radius 2 is 1.91 bits per heavy atom. The molecule has 0 saturated carbocycles. The maximum atomic E-state index is 13.9. The van der Waals surface area contributed by atoms with Crippen LogP contribution in [0, 0.1) is 5.82 Å². The predicted octanol–water partition coefficient (Wildman–Crippen LogP) is 4.55. The second kappa shape index (κ2) is 10.1. The zero-order chi connectivity index (χ0) is 22.3. The molecule has 2 aromatic heterocycles. The lowest BCUT2D eigenvalue weighted by atomic mass is 10.2. The van der Waals surface area contributed by atoms with E-state index in [0.717, 1.165) is 5.69 Å². The summed E-state index contributed by atoms with van der Waals surface area (Å²) in [7, 11) is 0. The van der Waals surface area contributed by atoms with E-state index in [1.807, 2.05) is 43.3 Å². The van der Waals surface area contributed by atoms with Crippen molar-refractivity contribution in [3.63, 3.8) is 0 Å². The summed E-state index contributed by atoms with van der Waals surface area (Å²) < 4.78 is 26.7. The van der Waals surface area contributed by atoms with Crippen molar-refractivity contribution in [3.8, 4) is 11.4 Å². The highest BCUT2D eigenvalue weighted by Crippen LogP contribution is 2.24. The number of aromatic nitrogens is 3. The first-order chi connectivity index (χ1) is 15.6. The van der Waals surface area contributed by atoms with Crippen LogP contribution in [0.2, 0.25) is 0 Å². The van der Waals surface area contributed by atoms with Gasteiger partial charge in [0.2, 0.25) is 5.91 Å². The number of hydrogen-bond acceptors (Lipinski definition) is 6. The van der Waals surface area contributed by atoms with Crippen LogP contribution < -0.4 is 10.1 Å². The number of ether oxygens (including phenoxy) is 1. The molecule has 0 saturated heterocycles. The zero-order valence-corrected chi connectivity index (χ0v) is 18.1. The molecule has 32 heavy (non-hydrogen) atoms. The van der Waals surface area contributed by atoms with E-state index in [1.165, 1.54) is 17.8 Å². The lowest BCUT2D eigenvalue weighted by Crippen LogP contribution is -2.28. The molecule has 4 rings (SSSR count). The van der Waals surface area contributed by atoms with Gasteiger partial charge < -0.3 is 14.5 Å². The monoisotopic (exact) mass is 452 g/mol. The Morgan fingerprint density at radius 3 is 2.66 bits per heavy atom. The van der Waals surface area contributed by atoms with Crippen molar-refractivity contribution in [2.24, 2.45) is 0 Å². The van der Waals surface area contributed by atoms with Crippen LogP contribution in [0.4, 0.5) is 4.39 Å². The van der Waals surface area contributed by atoms with Gasteiger partial charge >= 0.3 is 0 Å². The molecule has 164 valence electrons. The lowest BCUT2D eigenvalue weighted by Gasteiger charge is -2.13. The van der Waals surface area contributed by atoms with Crippen LogP contribution in [0.15, 0.2) is 82.6 Å². The molecule has 2 aromatic carbocycles. The Kier molecular flexibility index (Phi) is 6.86. The number of furan rings is 1. The number of amides is 1. The van der Waals surface area contributed by atoms with Gasteiger partial charge in [0.15, 0.2) is 22.5 Å². The van der Waals surface area contributed by atoms with Gasteiger partial charge in [-0.1, -0.05) is 42.1 Å². The van der Waals surface area contributed by atoms with E-state index in [9.17, 15) is 9.18 Å². The van der Waals surface area contributed by atoms with Gasteiger partial charge in [-0.3, -0.25) is 9.36 Å². The fraction of sp³-hybridized carbons (Fsp3) is 0.174. The number of nitrogens with zero attached hydrogens (tertiary/aromatic N) is 3. The first-order valence-corrected chi connectivity index (χ1v) is 10.9. The minimum Gasteiger partial charge on any atom is -0.483 e. The highest BCUT2D eigenvalue weighted by Gasteiger charge is 2.18. The molecule has 0 unspecified atom stereocenters. The van der Waals surface area contributed by atoms with Crippen LogP contribution in [0.1, 0.15) is 24.6 Å². The Labute approximate surface area is 188 Å². The van der Waals surface area contributed by atoms with E-state index in [0.29, 0.717) is 16.7 Å². The molecular formula is C23H21FN4O3S. The number of nitrogens with one attached hydrogen (secondary N) is 1. The maximum absolute atomic E-state index is 13.9. The van der Waals surface area contributed by atoms with Crippen molar-refractivity contribution < 1.29 is 18.3 Å². The van der Waals surface area contributed by atoms with Gasteiger partial charge in [-0.05, 0) is 43.3 Å². The maximum Gasteiger partial charge on any atom is 0.231 e. The van der Waals surface area contributed by atoms with E-state index in [4.69, 9.17) is 9.15 Å². The van der Waals surface area contributed by atoms with Crippen molar-refractivity contribution in [1.82, 2.24) is 20.1 Å². The van der Waals surface area contributed by atoms with Crippen molar-refractivity contribution in [2.75, 3.05) is 5.75 Å². The van der Waals surface area contributed by atoms with Crippen molar-refractivity contribution in [3.05, 3.63) is 90.4 Å². The number of para-hydroxylation sites is 2. The van der Waals surface area contributed by atoms with E-state index in [2.05, 4.69) is 15.5 Å². The standard InChI is InChI=1S/C23H21FN4O3S/c1-16(19-12-7-13-30-19)25-22(29)15-32-23-27-26-21(28(23)17-8-3-2-4-9-17)14-31-20-11-6-5-10-18(20)24/h2-13,16H,14-15H2,1H3,(H,25,29)/t16-/m1/s1. The molecule has 1 N–H and O–H groups in total. The molecule has 7 nitrogen and oxygen atoms in total.